The van der Waals surface area contributed by atoms with Crippen LogP contribution < -0.4 is 4.74 Å². The quantitative estimate of drug-likeness (QED) is 0.728. The number of amides is 1. The Hall–Kier alpha value is -2.51. The summed E-state index contributed by atoms with van der Waals surface area (Å²) in [6.45, 7) is 1.66. The zero-order chi connectivity index (χ0) is 19.9. The van der Waals surface area contributed by atoms with E-state index in [4.69, 9.17) is 14.2 Å². The fourth-order valence-corrected chi connectivity index (χ4v) is 3.07. The predicted molar refractivity (Wildman–Crippen MR) is 99.0 cm³/mol. The van der Waals surface area contributed by atoms with Crippen LogP contribution in [-0.4, -0.2) is 50.3 Å². The molecule has 5 nitrogen and oxygen atoms in total. The zero-order valence-corrected chi connectivity index (χ0v) is 15.7. The topological polar surface area (TPSA) is 48.0 Å². The van der Waals surface area contributed by atoms with Gasteiger partial charge in [0.2, 0.25) is 5.91 Å². The van der Waals surface area contributed by atoms with Crippen LogP contribution in [0.2, 0.25) is 0 Å². The van der Waals surface area contributed by atoms with Crippen LogP contribution >= 0.6 is 0 Å². The van der Waals surface area contributed by atoms with Gasteiger partial charge in [0.1, 0.15) is 5.82 Å². The van der Waals surface area contributed by atoms with Crippen LogP contribution in [0.5, 0.6) is 5.75 Å². The number of carbonyl (C=O) groups is 1. The van der Waals surface area contributed by atoms with Crippen molar-refractivity contribution in [3.8, 4) is 5.75 Å². The lowest BCUT2D eigenvalue weighted by molar-refractivity contribution is -0.140. The molecule has 1 aliphatic heterocycles. The van der Waals surface area contributed by atoms with Crippen molar-refractivity contribution in [2.45, 2.75) is 19.1 Å². The van der Waals surface area contributed by atoms with Crippen LogP contribution in [0.1, 0.15) is 11.1 Å². The van der Waals surface area contributed by atoms with Crippen LogP contribution in [0, 0.1) is 11.6 Å². The summed E-state index contributed by atoms with van der Waals surface area (Å²) < 4.78 is 43.5. The number of hydrogen-bond donors (Lipinski definition) is 0. The van der Waals surface area contributed by atoms with E-state index in [-0.39, 0.29) is 43.2 Å². The second-order valence-electron chi connectivity index (χ2n) is 6.58. The summed E-state index contributed by atoms with van der Waals surface area (Å²) in [5.74, 6) is -0.758. The van der Waals surface area contributed by atoms with Crippen LogP contribution in [0.3, 0.4) is 0 Å². The molecule has 1 unspecified atom stereocenters. The van der Waals surface area contributed by atoms with Gasteiger partial charge in [0.15, 0.2) is 11.6 Å². The Bertz CT molecular complexity index is 815. The molecule has 0 radical (unpaired) electrons. The maximum absolute atomic E-state index is 13.8. The fraction of sp³-hybridized carbons (Fsp3) is 0.381. The average Bonchev–Trinajstić information content (AvgIpc) is 2.70. The molecule has 28 heavy (non-hydrogen) atoms. The Morgan fingerprint density at radius 2 is 2.04 bits per heavy atom. The molecule has 0 bridgehead atoms. The number of morpholine rings is 1. The molecule has 1 heterocycles. The zero-order valence-electron chi connectivity index (χ0n) is 15.7. The molecule has 0 spiro atoms. The maximum atomic E-state index is 13.8. The number of halogens is 2. The number of methoxy groups -OCH3 is 1. The lowest BCUT2D eigenvalue weighted by Crippen LogP contribution is -2.47. The Morgan fingerprint density at radius 1 is 1.21 bits per heavy atom. The summed E-state index contributed by atoms with van der Waals surface area (Å²) in [6, 6.07) is 10.9. The molecule has 1 saturated heterocycles. The van der Waals surface area contributed by atoms with Crippen molar-refractivity contribution >= 4 is 5.91 Å². The molecule has 7 heteroatoms. The summed E-state index contributed by atoms with van der Waals surface area (Å²) >= 11 is 0. The maximum Gasteiger partial charge on any atom is 0.227 e. The van der Waals surface area contributed by atoms with E-state index in [0.717, 1.165) is 0 Å². The monoisotopic (exact) mass is 391 g/mol. The Balaban J connectivity index is 1.49. The first-order valence-electron chi connectivity index (χ1n) is 9.09. The largest absolute Gasteiger partial charge is 0.494 e. The highest BCUT2D eigenvalue weighted by Crippen LogP contribution is 2.19. The summed E-state index contributed by atoms with van der Waals surface area (Å²) in [5.41, 5.74) is 1.06. The first-order valence-corrected chi connectivity index (χ1v) is 9.09. The number of carbonyl (C=O) groups excluding carboxylic acids is 1. The number of hydrogen-bond acceptors (Lipinski definition) is 4. The smallest absolute Gasteiger partial charge is 0.227 e. The van der Waals surface area contributed by atoms with E-state index in [1.165, 1.54) is 25.3 Å². The highest BCUT2D eigenvalue weighted by atomic mass is 19.1. The molecule has 3 rings (SSSR count). The third-order valence-corrected chi connectivity index (χ3v) is 4.58. The predicted octanol–water partition coefficient (Wildman–Crippen LogP) is 2.96. The van der Waals surface area contributed by atoms with Crippen LogP contribution in [-0.2, 0) is 27.3 Å². The van der Waals surface area contributed by atoms with E-state index in [2.05, 4.69) is 0 Å². The van der Waals surface area contributed by atoms with Crippen molar-refractivity contribution in [1.29, 1.82) is 0 Å². The van der Waals surface area contributed by atoms with Crippen LogP contribution in [0.25, 0.3) is 0 Å². The van der Waals surface area contributed by atoms with Gasteiger partial charge in [0, 0.05) is 18.7 Å². The number of benzene rings is 2. The van der Waals surface area contributed by atoms with E-state index in [9.17, 15) is 13.6 Å². The minimum atomic E-state index is -0.491. The lowest BCUT2D eigenvalue weighted by atomic mass is 10.1. The van der Waals surface area contributed by atoms with Crippen LogP contribution in [0.15, 0.2) is 42.5 Å². The van der Waals surface area contributed by atoms with Crippen molar-refractivity contribution < 1.29 is 27.8 Å². The highest BCUT2D eigenvalue weighted by Gasteiger charge is 2.24. The number of nitrogens with zero attached hydrogens (tertiary/aromatic N) is 1. The van der Waals surface area contributed by atoms with Gasteiger partial charge in [-0.3, -0.25) is 4.79 Å². The molecule has 2 aromatic carbocycles. The highest BCUT2D eigenvalue weighted by molar-refractivity contribution is 5.79. The number of ether oxygens (including phenoxy) is 3. The van der Waals surface area contributed by atoms with Gasteiger partial charge in [-0.25, -0.2) is 8.78 Å². The summed E-state index contributed by atoms with van der Waals surface area (Å²) in [5, 5.41) is 0. The Kier molecular flexibility index (Phi) is 6.95. The molecule has 1 aliphatic rings. The first-order chi connectivity index (χ1) is 13.6. The van der Waals surface area contributed by atoms with Crippen molar-refractivity contribution in [2.75, 3.05) is 33.4 Å². The van der Waals surface area contributed by atoms with E-state index >= 15 is 0 Å². The molecular weight excluding hydrogens is 368 g/mol. The van der Waals surface area contributed by atoms with E-state index in [0.29, 0.717) is 30.8 Å². The van der Waals surface area contributed by atoms with Gasteiger partial charge in [-0.2, -0.15) is 0 Å². The minimum Gasteiger partial charge on any atom is -0.494 e. The molecule has 2 aromatic rings. The van der Waals surface area contributed by atoms with Gasteiger partial charge < -0.3 is 19.1 Å². The van der Waals surface area contributed by atoms with Crippen molar-refractivity contribution in [3.05, 3.63) is 65.2 Å². The molecule has 1 amide bonds. The van der Waals surface area contributed by atoms with Gasteiger partial charge in [0.25, 0.3) is 0 Å². The van der Waals surface area contributed by atoms with E-state index < -0.39 is 5.82 Å². The number of rotatable bonds is 7. The van der Waals surface area contributed by atoms with Gasteiger partial charge in [-0.1, -0.05) is 24.3 Å². The van der Waals surface area contributed by atoms with Gasteiger partial charge in [0.05, 0.1) is 39.5 Å². The Labute approximate surface area is 162 Å². The normalized spacial score (nSPS) is 16.8. The average molecular weight is 391 g/mol. The molecule has 0 aromatic heterocycles. The SMILES string of the molecule is COc1ccc(CC(=O)N2CCOC(COCc3ccccc3F)C2)cc1F. The third-order valence-electron chi connectivity index (χ3n) is 4.58. The molecule has 0 N–H and O–H groups in total. The molecule has 1 fully saturated rings. The van der Waals surface area contributed by atoms with Crippen LogP contribution in [0.4, 0.5) is 8.78 Å². The Morgan fingerprint density at radius 3 is 2.79 bits per heavy atom. The fourth-order valence-electron chi connectivity index (χ4n) is 3.07. The van der Waals surface area contributed by atoms with E-state index in [1.807, 2.05) is 0 Å². The minimum absolute atomic E-state index is 0.101. The standard InChI is InChI=1S/C21H23F2NO4/c1-26-20-7-6-15(10-19(20)23)11-21(25)24-8-9-28-17(12-24)14-27-13-16-4-2-3-5-18(16)22/h2-7,10,17H,8-9,11-14H2,1H3. The second kappa shape index (κ2) is 9.61. The van der Waals surface area contributed by atoms with Gasteiger partial charge >= 0.3 is 0 Å². The van der Waals surface area contributed by atoms with Crippen molar-refractivity contribution in [2.24, 2.45) is 0 Å². The summed E-state index contributed by atoms with van der Waals surface area (Å²) in [7, 11) is 1.39. The van der Waals surface area contributed by atoms with Gasteiger partial charge in [-0.15, -0.1) is 0 Å². The summed E-state index contributed by atoms with van der Waals surface area (Å²) in [4.78, 5) is 14.2. The molecule has 0 saturated carbocycles. The van der Waals surface area contributed by atoms with Crippen molar-refractivity contribution in [3.63, 3.8) is 0 Å². The molecule has 1 atom stereocenters. The molecule has 0 aliphatic carbocycles. The van der Waals surface area contributed by atoms with E-state index in [1.54, 1.807) is 29.2 Å². The van der Waals surface area contributed by atoms with Gasteiger partial charge in [-0.05, 0) is 23.8 Å². The van der Waals surface area contributed by atoms with Crippen molar-refractivity contribution in [1.82, 2.24) is 4.90 Å². The second-order valence-corrected chi connectivity index (χ2v) is 6.58. The molecule has 150 valence electrons. The summed E-state index contributed by atoms with van der Waals surface area (Å²) in [6.07, 6.45) is -0.180. The third kappa shape index (κ3) is 5.27. The first kappa shape index (κ1) is 20.2. The lowest BCUT2D eigenvalue weighted by Gasteiger charge is -2.33. The molecular formula is C21H23F2NO4.